The predicted molar refractivity (Wildman–Crippen MR) is 230 cm³/mol. The molecule has 1 heterocycles. The summed E-state index contributed by atoms with van der Waals surface area (Å²) in [5, 5.41) is 7.21. The van der Waals surface area contributed by atoms with Gasteiger partial charge in [-0.3, -0.25) is 0 Å². The normalized spacial score (nSPS) is 11.4. The lowest BCUT2D eigenvalue weighted by atomic mass is 9.94. The molecule has 0 unspecified atom stereocenters. The van der Waals surface area contributed by atoms with E-state index >= 15 is 0 Å². The molecule has 9 aromatic carbocycles. The van der Waals surface area contributed by atoms with Crippen molar-refractivity contribution in [1.29, 1.82) is 0 Å². The SMILES string of the molecule is Cc1cccc(-c2ccc3cc(-c4nc(-c5ccccc5)nc(-c5cccc(-c6cccc7cc(-c8ccc9ccccc9c8)ccc67)c5)n4)ccc3c2)c1. The Balaban J connectivity index is 1.04. The molecule has 0 saturated heterocycles. The van der Waals surface area contributed by atoms with E-state index in [1.165, 1.54) is 60.3 Å². The van der Waals surface area contributed by atoms with Gasteiger partial charge in [-0.1, -0.05) is 169 Å². The molecule has 3 nitrogen and oxygen atoms in total. The molecule has 0 N–H and O–H groups in total. The Hall–Kier alpha value is -7.23. The fraction of sp³-hybridized carbons (Fsp3) is 0.0192. The van der Waals surface area contributed by atoms with Crippen molar-refractivity contribution < 1.29 is 0 Å². The average Bonchev–Trinajstić information content (AvgIpc) is 3.25. The summed E-state index contributed by atoms with van der Waals surface area (Å²) in [6.45, 7) is 2.13. The standard InChI is InChI=1S/C52H35N3/c1-34-10-7-15-37(28-34)39-22-23-42-32-47(25-24-41(42)30-39)52-54-50(36-12-3-2-4-13-36)53-51(55-52)46-18-8-16-45(33-46)48-19-9-17-44-31-43(26-27-49(44)48)40-21-20-35-11-5-6-14-38(35)29-40/h2-33H,1H3. The van der Waals surface area contributed by atoms with Crippen LogP contribution in [0.1, 0.15) is 5.56 Å². The molecule has 10 rings (SSSR count). The highest BCUT2D eigenvalue weighted by Crippen LogP contribution is 2.35. The Morgan fingerprint density at radius 1 is 0.273 bits per heavy atom. The van der Waals surface area contributed by atoms with Crippen LogP contribution in [0.15, 0.2) is 194 Å². The number of fused-ring (bicyclic) bond motifs is 3. The highest BCUT2D eigenvalue weighted by atomic mass is 15.0. The summed E-state index contributed by atoms with van der Waals surface area (Å²) in [4.78, 5) is 15.2. The van der Waals surface area contributed by atoms with E-state index in [4.69, 9.17) is 15.0 Å². The van der Waals surface area contributed by atoms with E-state index in [0.29, 0.717) is 17.5 Å². The first kappa shape index (κ1) is 32.4. The molecule has 10 aromatic rings. The highest BCUT2D eigenvalue weighted by Gasteiger charge is 2.15. The number of aryl methyl sites for hydroxylation is 1. The van der Waals surface area contributed by atoms with E-state index in [9.17, 15) is 0 Å². The lowest BCUT2D eigenvalue weighted by molar-refractivity contribution is 1.07. The van der Waals surface area contributed by atoms with Crippen LogP contribution in [0.3, 0.4) is 0 Å². The Labute approximate surface area is 320 Å². The number of benzene rings is 9. The van der Waals surface area contributed by atoms with Crippen LogP contribution in [0.5, 0.6) is 0 Å². The van der Waals surface area contributed by atoms with Gasteiger partial charge in [-0.05, 0) is 103 Å². The first-order chi connectivity index (χ1) is 27.1. The molecule has 0 aliphatic heterocycles. The van der Waals surface area contributed by atoms with Crippen LogP contribution in [-0.4, -0.2) is 15.0 Å². The summed E-state index contributed by atoms with van der Waals surface area (Å²) < 4.78 is 0. The molecule has 3 heteroatoms. The third-order valence-electron chi connectivity index (χ3n) is 10.5. The molecule has 0 radical (unpaired) electrons. The van der Waals surface area contributed by atoms with Crippen molar-refractivity contribution >= 4 is 32.3 Å². The molecule has 0 saturated carbocycles. The number of nitrogens with zero attached hydrogens (tertiary/aromatic N) is 3. The van der Waals surface area contributed by atoms with Gasteiger partial charge in [-0.15, -0.1) is 0 Å². The average molecular weight is 702 g/mol. The number of aromatic nitrogens is 3. The quantitative estimate of drug-likeness (QED) is 0.173. The Morgan fingerprint density at radius 3 is 1.47 bits per heavy atom. The summed E-state index contributed by atoms with van der Waals surface area (Å²) in [5.74, 6) is 1.93. The summed E-state index contributed by atoms with van der Waals surface area (Å²) >= 11 is 0. The molecular weight excluding hydrogens is 667 g/mol. The molecule has 0 atom stereocenters. The maximum atomic E-state index is 5.12. The maximum Gasteiger partial charge on any atom is 0.164 e. The molecule has 0 bridgehead atoms. The van der Waals surface area contributed by atoms with Crippen molar-refractivity contribution in [1.82, 2.24) is 15.0 Å². The monoisotopic (exact) mass is 701 g/mol. The van der Waals surface area contributed by atoms with Gasteiger partial charge < -0.3 is 0 Å². The van der Waals surface area contributed by atoms with Crippen molar-refractivity contribution in [2.24, 2.45) is 0 Å². The van der Waals surface area contributed by atoms with E-state index in [1.807, 2.05) is 18.2 Å². The molecule has 0 aliphatic carbocycles. The maximum absolute atomic E-state index is 5.12. The van der Waals surface area contributed by atoms with Gasteiger partial charge in [0, 0.05) is 16.7 Å². The van der Waals surface area contributed by atoms with Crippen LogP contribution in [0.4, 0.5) is 0 Å². The summed E-state index contributed by atoms with van der Waals surface area (Å²) in [6.07, 6.45) is 0. The van der Waals surface area contributed by atoms with Crippen LogP contribution in [0, 0.1) is 6.92 Å². The van der Waals surface area contributed by atoms with Gasteiger partial charge in [-0.25, -0.2) is 15.0 Å². The van der Waals surface area contributed by atoms with Crippen LogP contribution in [0.25, 0.3) is 99.9 Å². The molecule has 0 amide bonds. The largest absolute Gasteiger partial charge is 0.208 e. The van der Waals surface area contributed by atoms with Crippen molar-refractivity contribution in [2.45, 2.75) is 6.92 Å². The van der Waals surface area contributed by atoms with Crippen molar-refractivity contribution in [3.05, 3.63) is 200 Å². The number of hydrogen-bond acceptors (Lipinski definition) is 3. The number of rotatable bonds is 6. The van der Waals surface area contributed by atoms with Crippen LogP contribution in [-0.2, 0) is 0 Å². The minimum atomic E-state index is 0.638. The van der Waals surface area contributed by atoms with Crippen LogP contribution >= 0.6 is 0 Å². The van der Waals surface area contributed by atoms with Crippen molar-refractivity contribution in [3.63, 3.8) is 0 Å². The molecule has 1 aromatic heterocycles. The van der Waals surface area contributed by atoms with E-state index in [0.717, 1.165) is 27.6 Å². The lowest BCUT2D eigenvalue weighted by Gasteiger charge is -2.12. The minimum Gasteiger partial charge on any atom is -0.208 e. The Bertz CT molecular complexity index is 3060. The highest BCUT2D eigenvalue weighted by molar-refractivity contribution is 6.00. The zero-order valence-electron chi connectivity index (χ0n) is 30.3. The Kier molecular flexibility index (Phi) is 8.04. The Morgan fingerprint density at radius 2 is 0.727 bits per heavy atom. The molecule has 258 valence electrons. The van der Waals surface area contributed by atoms with Gasteiger partial charge in [0.15, 0.2) is 17.5 Å². The molecule has 0 aliphatic rings. The minimum absolute atomic E-state index is 0.638. The second kappa shape index (κ2) is 13.6. The van der Waals surface area contributed by atoms with E-state index in [1.54, 1.807) is 0 Å². The zero-order valence-corrected chi connectivity index (χ0v) is 30.3. The fourth-order valence-electron chi connectivity index (χ4n) is 7.65. The van der Waals surface area contributed by atoms with Gasteiger partial charge in [-0.2, -0.15) is 0 Å². The fourth-order valence-corrected chi connectivity index (χ4v) is 7.65. The summed E-state index contributed by atoms with van der Waals surface area (Å²) in [7, 11) is 0. The van der Waals surface area contributed by atoms with Gasteiger partial charge in [0.05, 0.1) is 0 Å². The van der Waals surface area contributed by atoms with Gasteiger partial charge in [0.25, 0.3) is 0 Å². The smallest absolute Gasteiger partial charge is 0.164 e. The molecule has 0 fully saturated rings. The zero-order chi connectivity index (χ0) is 36.7. The van der Waals surface area contributed by atoms with Gasteiger partial charge >= 0.3 is 0 Å². The number of hydrogen-bond donors (Lipinski definition) is 0. The summed E-state index contributed by atoms with van der Waals surface area (Å²) in [6, 6.07) is 69.0. The molecule has 55 heavy (non-hydrogen) atoms. The van der Waals surface area contributed by atoms with Gasteiger partial charge in [0.2, 0.25) is 0 Å². The second-order valence-corrected chi connectivity index (χ2v) is 14.2. The van der Waals surface area contributed by atoms with E-state index in [-0.39, 0.29) is 0 Å². The summed E-state index contributed by atoms with van der Waals surface area (Å²) in [5.41, 5.74) is 11.2. The first-order valence-electron chi connectivity index (χ1n) is 18.7. The van der Waals surface area contributed by atoms with E-state index in [2.05, 4.69) is 183 Å². The van der Waals surface area contributed by atoms with Crippen LogP contribution in [0.2, 0.25) is 0 Å². The molecule has 0 spiro atoms. The second-order valence-electron chi connectivity index (χ2n) is 14.2. The topological polar surface area (TPSA) is 38.7 Å². The first-order valence-corrected chi connectivity index (χ1v) is 18.7. The molecular formula is C52H35N3. The third kappa shape index (κ3) is 6.32. The lowest BCUT2D eigenvalue weighted by Crippen LogP contribution is -2.00. The predicted octanol–water partition coefficient (Wildman–Crippen LogP) is 13.6. The van der Waals surface area contributed by atoms with Crippen LogP contribution < -0.4 is 0 Å². The van der Waals surface area contributed by atoms with Crippen molar-refractivity contribution in [3.8, 4) is 67.5 Å². The van der Waals surface area contributed by atoms with Gasteiger partial charge in [0.1, 0.15) is 0 Å². The third-order valence-corrected chi connectivity index (χ3v) is 10.5. The van der Waals surface area contributed by atoms with E-state index < -0.39 is 0 Å². The van der Waals surface area contributed by atoms with Crippen molar-refractivity contribution in [2.75, 3.05) is 0 Å².